The molecule has 0 amide bonds. The van der Waals surface area contributed by atoms with Crippen LogP contribution in [0.5, 0.6) is 0 Å². The molecule has 4 saturated carbocycles. The summed E-state index contributed by atoms with van der Waals surface area (Å²) in [5, 5.41) is 0. The zero-order valence-corrected chi connectivity index (χ0v) is 20.3. The van der Waals surface area contributed by atoms with Gasteiger partial charge in [0, 0.05) is 17.8 Å². The first kappa shape index (κ1) is 21.5. The van der Waals surface area contributed by atoms with E-state index in [0.717, 1.165) is 32.3 Å². The normalized spacial score (nSPS) is 52.4. The van der Waals surface area contributed by atoms with E-state index in [4.69, 9.17) is 9.47 Å². The van der Waals surface area contributed by atoms with Gasteiger partial charge in [0.2, 0.25) is 0 Å². The van der Waals surface area contributed by atoms with Crippen LogP contribution < -0.4 is 0 Å². The molecule has 6 aliphatic carbocycles. The Morgan fingerprint density at radius 3 is 2.69 bits per heavy atom. The lowest BCUT2D eigenvalue weighted by atomic mass is 9.36. The molecule has 5 fully saturated rings. The number of Topliss-reactive ketones (excluding diaryl/α,β-unsaturated/α-hetero) is 2. The highest BCUT2D eigenvalue weighted by Crippen LogP contribution is 2.78. The summed E-state index contributed by atoms with van der Waals surface area (Å²) in [5.74, 6) is 3.44. The summed E-state index contributed by atoms with van der Waals surface area (Å²) in [7, 11) is 0. The molecule has 4 bridgehead atoms. The molecule has 1 heterocycles. The van der Waals surface area contributed by atoms with Crippen molar-refractivity contribution in [2.75, 3.05) is 19.8 Å². The molecule has 10 unspecified atom stereocenters. The first-order valence-corrected chi connectivity index (χ1v) is 13.2. The monoisotopic (exact) mass is 440 g/mol. The van der Waals surface area contributed by atoms with Crippen LogP contribution in [0.2, 0.25) is 0 Å². The van der Waals surface area contributed by atoms with Gasteiger partial charge in [-0.25, -0.2) is 0 Å². The van der Waals surface area contributed by atoms with Crippen LogP contribution >= 0.6 is 0 Å². The largest absolute Gasteiger partial charge is 0.371 e. The third-order valence-electron chi connectivity index (χ3n) is 11.4. The molecule has 1 aliphatic heterocycles. The van der Waals surface area contributed by atoms with E-state index >= 15 is 0 Å². The Labute approximate surface area is 192 Å². The van der Waals surface area contributed by atoms with E-state index in [1.165, 1.54) is 12.8 Å². The molecule has 0 aromatic rings. The molecule has 0 aromatic heterocycles. The molecule has 10 atom stereocenters. The minimum atomic E-state index is -0.157. The van der Waals surface area contributed by atoms with Crippen LogP contribution in [0.15, 0.2) is 11.6 Å². The lowest BCUT2D eigenvalue weighted by Crippen LogP contribution is -2.62. The Hall–Kier alpha value is -1.00. The highest BCUT2D eigenvalue weighted by molar-refractivity contribution is 5.86. The van der Waals surface area contributed by atoms with E-state index < -0.39 is 0 Å². The van der Waals surface area contributed by atoms with E-state index in [9.17, 15) is 9.59 Å². The number of rotatable bonds is 7. The standard InChI is InChI=1S/C28H40O4/c1-5-23(30)27(4)9-6-8-26(3)21(27)7-10-28-12-19-16(2)25(28)24(18(19)11-22(26)28)20(29)15-31-13-17-14-32-17/h12,16-18,21-22,24-25H,5-11,13-15H2,1-4H3. The zero-order chi connectivity index (χ0) is 22.5. The quantitative estimate of drug-likeness (QED) is 0.413. The molecule has 4 nitrogen and oxygen atoms in total. The van der Waals surface area contributed by atoms with Crippen molar-refractivity contribution in [3.05, 3.63) is 11.6 Å². The predicted molar refractivity (Wildman–Crippen MR) is 122 cm³/mol. The summed E-state index contributed by atoms with van der Waals surface area (Å²) < 4.78 is 11.0. The summed E-state index contributed by atoms with van der Waals surface area (Å²) >= 11 is 0. The molecule has 176 valence electrons. The van der Waals surface area contributed by atoms with Gasteiger partial charge in [-0.3, -0.25) is 9.59 Å². The van der Waals surface area contributed by atoms with Gasteiger partial charge in [0.25, 0.3) is 0 Å². The molecule has 7 aliphatic rings. The maximum atomic E-state index is 13.4. The van der Waals surface area contributed by atoms with Gasteiger partial charge in [0.15, 0.2) is 5.78 Å². The van der Waals surface area contributed by atoms with Crippen molar-refractivity contribution in [3.63, 3.8) is 0 Å². The Bertz CT molecular complexity index is 873. The van der Waals surface area contributed by atoms with Crippen molar-refractivity contribution in [1.82, 2.24) is 0 Å². The number of fused-ring (bicyclic) bond motifs is 1. The lowest BCUT2D eigenvalue weighted by Gasteiger charge is -2.67. The van der Waals surface area contributed by atoms with Gasteiger partial charge in [-0.2, -0.15) is 0 Å². The Morgan fingerprint density at radius 1 is 1.19 bits per heavy atom. The van der Waals surface area contributed by atoms with E-state index in [2.05, 4.69) is 26.8 Å². The fraction of sp³-hybridized carbons (Fsp3) is 0.857. The molecule has 0 radical (unpaired) electrons. The third kappa shape index (κ3) is 2.63. The van der Waals surface area contributed by atoms with Gasteiger partial charge in [0.05, 0.1) is 13.2 Å². The molecule has 4 heteroatoms. The van der Waals surface area contributed by atoms with Gasteiger partial charge < -0.3 is 9.47 Å². The van der Waals surface area contributed by atoms with Crippen molar-refractivity contribution in [1.29, 1.82) is 0 Å². The molecule has 0 N–H and O–H groups in total. The molecular weight excluding hydrogens is 400 g/mol. The Morgan fingerprint density at radius 2 is 1.97 bits per heavy atom. The van der Waals surface area contributed by atoms with Crippen LogP contribution in [0, 0.1) is 51.8 Å². The van der Waals surface area contributed by atoms with Crippen LogP contribution in [0.1, 0.15) is 72.6 Å². The topological polar surface area (TPSA) is 55.9 Å². The van der Waals surface area contributed by atoms with Crippen LogP contribution in [0.25, 0.3) is 0 Å². The molecule has 1 saturated heterocycles. The second-order valence-corrected chi connectivity index (χ2v) is 12.6. The van der Waals surface area contributed by atoms with E-state index in [-0.39, 0.29) is 34.9 Å². The first-order chi connectivity index (χ1) is 15.3. The SMILES string of the molecule is CCC(=O)C1(C)CCCC2(C)C1CCC13C=C4C(C)C1C(C(=O)COCC1CO1)C4CC23. The molecule has 1 spiro atoms. The minimum absolute atomic E-state index is 0.147. The van der Waals surface area contributed by atoms with Crippen molar-refractivity contribution < 1.29 is 19.1 Å². The van der Waals surface area contributed by atoms with Crippen molar-refractivity contribution in [2.45, 2.75) is 78.7 Å². The number of epoxide rings is 1. The number of ketones is 2. The van der Waals surface area contributed by atoms with Crippen molar-refractivity contribution in [2.24, 2.45) is 51.8 Å². The van der Waals surface area contributed by atoms with Gasteiger partial charge >= 0.3 is 0 Å². The second-order valence-electron chi connectivity index (χ2n) is 12.6. The summed E-state index contributed by atoms with van der Waals surface area (Å²) in [4.78, 5) is 26.5. The van der Waals surface area contributed by atoms with Crippen LogP contribution in [0.4, 0.5) is 0 Å². The number of carbonyl (C=O) groups is 2. The molecular formula is C28H40O4. The predicted octanol–water partition coefficient (Wildman–Crippen LogP) is 5.00. The average Bonchev–Trinajstić information content (AvgIpc) is 3.52. The number of allylic oxidation sites excluding steroid dienone is 2. The van der Waals surface area contributed by atoms with E-state index in [1.807, 2.05) is 6.92 Å². The maximum Gasteiger partial charge on any atom is 0.162 e. The van der Waals surface area contributed by atoms with Crippen LogP contribution in [-0.2, 0) is 19.1 Å². The second kappa shape index (κ2) is 7.01. The average molecular weight is 441 g/mol. The summed E-state index contributed by atoms with van der Waals surface area (Å²) in [6.45, 7) is 10.8. The summed E-state index contributed by atoms with van der Waals surface area (Å²) in [6.07, 6.45) is 10.5. The molecule has 7 rings (SSSR count). The summed E-state index contributed by atoms with van der Waals surface area (Å²) in [6, 6.07) is 0. The third-order valence-corrected chi connectivity index (χ3v) is 11.4. The Kier molecular flexibility index (Phi) is 4.71. The Balaban J connectivity index is 1.30. The van der Waals surface area contributed by atoms with E-state index in [1.54, 1.807) is 5.57 Å². The number of hydrogen-bond acceptors (Lipinski definition) is 4. The lowest BCUT2D eigenvalue weighted by molar-refractivity contribution is -0.181. The number of hydrogen-bond donors (Lipinski definition) is 0. The first-order valence-electron chi connectivity index (χ1n) is 13.2. The van der Waals surface area contributed by atoms with E-state index in [0.29, 0.717) is 54.2 Å². The number of carbonyl (C=O) groups excluding carboxylic acids is 2. The van der Waals surface area contributed by atoms with Crippen molar-refractivity contribution in [3.8, 4) is 0 Å². The van der Waals surface area contributed by atoms with Gasteiger partial charge in [-0.1, -0.05) is 45.8 Å². The smallest absolute Gasteiger partial charge is 0.162 e. The molecule has 0 aromatic carbocycles. The van der Waals surface area contributed by atoms with Crippen molar-refractivity contribution >= 4 is 11.6 Å². The minimum Gasteiger partial charge on any atom is -0.371 e. The fourth-order valence-corrected chi connectivity index (χ4v) is 10.2. The summed E-state index contributed by atoms with van der Waals surface area (Å²) in [5.41, 5.74) is 1.81. The van der Waals surface area contributed by atoms with Crippen LogP contribution in [-0.4, -0.2) is 37.5 Å². The fourth-order valence-electron chi connectivity index (χ4n) is 10.2. The number of ether oxygens (including phenoxy) is 2. The van der Waals surface area contributed by atoms with Crippen LogP contribution in [0.3, 0.4) is 0 Å². The zero-order valence-electron chi connectivity index (χ0n) is 20.3. The maximum absolute atomic E-state index is 13.4. The highest BCUT2D eigenvalue weighted by Gasteiger charge is 2.73. The van der Waals surface area contributed by atoms with Gasteiger partial charge in [-0.05, 0) is 72.5 Å². The molecule has 32 heavy (non-hydrogen) atoms. The van der Waals surface area contributed by atoms with Gasteiger partial charge in [-0.15, -0.1) is 0 Å². The van der Waals surface area contributed by atoms with Gasteiger partial charge in [0.1, 0.15) is 18.5 Å². The highest BCUT2D eigenvalue weighted by atomic mass is 16.6.